The number of carbonyl (C=O) groups is 4. The number of aliphatic hydroxyl groups is 1. The number of allylic oxidation sites excluding steroid dienone is 42. The average Bonchev–Trinajstić information content (AvgIpc) is 0.898. The van der Waals surface area contributed by atoms with Gasteiger partial charge in [0.25, 0.3) is 0 Å². The van der Waals surface area contributed by atoms with Gasteiger partial charge in [0.15, 0.2) is 12.2 Å². The van der Waals surface area contributed by atoms with Gasteiger partial charge in [0, 0.05) is 25.7 Å². The third-order valence-corrected chi connectivity index (χ3v) is 18.4. The van der Waals surface area contributed by atoms with Crippen LogP contribution in [0, 0.1) is 0 Å². The lowest BCUT2D eigenvalue weighted by molar-refractivity contribution is -0.161. The number of phosphoric acid groups is 2. The van der Waals surface area contributed by atoms with Crippen LogP contribution in [-0.2, 0) is 65.4 Å². The standard InChI is InChI=1S/C97H148O17P2/c1-5-9-13-17-21-25-29-33-37-41-45-49-53-57-61-65-69-73-77-81-94(99)107-87-92(113-96(101)83-79-75-71-67-63-59-55-51-47-43-39-35-31-27-23-19-15-11-7-3)89-111-115(103,104)109-85-91(98)86-110-116(105,106)112-90-93(114-97(102)84-80-76-72-68-64-60-56-52-48-44-40-36-32-28-24-20-16-12-8-4)88-108-95(100)82-78-74-70-66-62-58-54-50-46-42-38-34-30-26-22-18-14-10-6-2/h9-10,13-14,21-28,33-40,45-52,57-64,69,71-73,75-76,91-93,98H,5-8,11-12,15-20,29-32,41-44,53-56,65-68,70,74,77-90H2,1-4H3,(H,103,104)(H,105,106)/b13-9-,14-10-,25-21-,26-22-,27-23-,28-24-,37-33-,38-34-,39-35-,40-36-,49-45-,50-46-,51-47-,52-48-,61-57-,62-58-,63-59-,64-60-,73-69-,75-71-,76-72-/t91-,92-,93-/m1/s1. The summed E-state index contributed by atoms with van der Waals surface area (Å²) in [4.78, 5) is 73.2. The van der Waals surface area contributed by atoms with Crippen LogP contribution in [0.25, 0.3) is 0 Å². The minimum atomic E-state index is -5.04. The van der Waals surface area contributed by atoms with Gasteiger partial charge in [-0.1, -0.05) is 315 Å². The van der Waals surface area contributed by atoms with Crippen LogP contribution in [-0.4, -0.2) is 96.7 Å². The van der Waals surface area contributed by atoms with Crippen molar-refractivity contribution in [2.75, 3.05) is 39.6 Å². The molecule has 0 heterocycles. The van der Waals surface area contributed by atoms with E-state index in [4.69, 9.17) is 37.0 Å². The van der Waals surface area contributed by atoms with E-state index in [1.54, 1.807) is 0 Å². The number of aliphatic hydroxyl groups excluding tert-OH is 1. The highest BCUT2D eigenvalue weighted by Gasteiger charge is 2.30. The SMILES string of the molecule is CC/C=C\C/C=C\C/C=C\C/C=C\C/C=C\C/C=C\CCC(=O)OC[C@H](COP(=O)(O)OC[C@@H](O)COP(=O)(O)OC[C@@H](COC(=O)CCCCC/C=C\C/C=C\C/C=C\C/C=C\C/C=C\CC)OC(=O)CC/C=C\C/C=C\C/C=C\C/C=C\C/C=C\CCCCC)OC(=O)CC/C=C\C/C=C\C/C=C\C/C=C\C/C=C\CCCCC. The summed E-state index contributed by atoms with van der Waals surface area (Å²) in [5.74, 6) is -2.54. The second-order valence-electron chi connectivity index (χ2n) is 27.3. The fraction of sp³-hybridized carbons (Fsp3) is 0.526. The van der Waals surface area contributed by atoms with Gasteiger partial charge < -0.3 is 33.8 Å². The lowest BCUT2D eigenvalue weighted by Crippen LogP contribution is -2.30. The Balaban J connectivity index is 5.67. The zero-order valence-electron chi connectivity index (χ0n) is 71.0. The second-order valence-corrected chi connectivity index (χ2v) is 30.2. The van der Waals surface area contributed by atoms with Crippen molar-refractivity contribution in [1.82, 2.24) is 0 Å². The molecule has 0 saturated heterocycles. The molecular formula is C97H148O17P2. The summed E-state index contributed by atoms with van der Waals surface area (Å²) in [7, 11) is -10.1. The van der Waals surface area contributed by atoms with E-state index in [1.165, 1.54) is 38.5 Å². The Morgan fingerprint density at radius 1 is 0.250 bits per heavy atom. The van der Waals surface area contributed by atoms with Crippen LogP contribution in [0.15, 0.2) is 255 Å². The molecule has 0 aliphatic carbocycles. The molecule has 0 aromatic carbocycles. The zero-order valence-corrected chi connectivity index (χ0v) is 72.8. The predicted octanol–water partition coefficient (Wildman–Crippen LogP) is 26.1. The zero-order chi connectivity index (χ0) is 84.5. The molecule has 0 radical (unpaired) electrons. The number of rotatable bonds is 77. The van der Waals surface area contributed by atoms with Crippen LogP contribution < -0.4 is 0 Å². The first-order chi connectivity index (χ1) is 56.7. The molecule has 116 heavy (non-hydrogen) atoms. The van der Waals surface area contributed by atoms with Crippen LogP contribution in [0.5, 0.6) is 0 Å². The third-order valence-electron chi connectivity index (χ3n) is 16.5. The highest BCUT2D eigenvalue weighted by Crippen LogP contribution is 2.45. The van der Waals surface area contributed by atoms with Crippen molar-refractivity contribution in [2.45, 2.75) is 290 Å². The topological polar surface area (TPSA) is 237 Å². The highest BCUT2D eigenvalue weighted by atomic mass is 31.2. The van der Waals surface area contributed by atoms with E-state index in [2.05, 4.69) is 228 Å². The molecule has 0 spiro atoms. The van der Waals surface area contributed by atoms with Crippen molar-refractivity contribution in [3.05, 3.63) is 255 Å². The maximum Gasteiger partial charge on any atom is 0.472 e. The van der Waals surface area contributed by atoms with Crippen molar-refractivity contribution in [3.8, 4) is 0 Å². The predicted molar refractivity (Wildman–Crippen MR) is 481 cm³/mol. The van der Waals surface area contributed by atoms with Crippen molar-refractivity contribution >= 4 is 39.5 Å². The van der Waals surface area contributed by atoms with Crippen LogP contribution in [0.2, 0.25) is 0 Å². The number of esters is 4. The number of unbranched alkanes of at least 4 members (excludes halogenated alkanes) is 9. The van der Waals surface area contributed by atoms with Crippen LogP contribution in [0.4, 0.5) is 0 Å². The number of ether oxygens (including phenoxy) is 4. The number of carbonyl (C=O) groups excluding carboxylic acids is 4. The fourth-order valence-electron chi connectivity index (χ4n) is 10.1. The summed E-state index contributed by atoms with van der Waals surface area (Å²) in [5, 5.41) is 10.7. The Kier molecular flexibility index (Phi) is 80.0. The molecule has 0 amide bonds. The van der Waals surface area contributed by atoms with E-state index < -0.39 is 97.5 Å². The molecule has 0 bridgehead atoms. The highest BCUT2D eigenvalue weighted by molar-refractivity contribution is 7.47. The molecule has 17 nitrogen and oxygen atoms in total. The molecule has 0 aliphatic rings. The summed E-state index contributed by atoms with van der Waals surface area (Å²) in [5.41, 5.74) is 0. The van der Waals surface area contributed by atoms with Gasteiger partial charge in [-0.05, 0) is 186 Å². The van der Waals surface area contributed by atoms with Gasteiger partial charge in [-0.15, -0.1) is 0 Å². The fourth-order valence-corrected chi connectivity index (χ4v) is 11.6. The van der Waals surface area contributed by atoms with E-state index in [0.29, 0.717) is 44.9 Å². The molecule has 648 valence electrons. The molecule has 0 fully saturated rings. The lowest BCUT2D eigenvalue weighted by Gasteiger charge is -2.21. The molecule has 5 atom stereocenters. The first-order valence-corrected chi connectivity index (χ1v) is 45.9. The molecule has 0 aliphatic heterocycles. The van der Waals surface area contributed by atoms with Crippen LogP contribution in [0.1, 0.15) is 272 Å². The Labute approximate surface area is 700 Å². The van der Waals surface area contributed by atoms with Crippen molar-refractivity contribution in [2.24, 2.45) is 0 Å². The Bertz CT molecular complexity index is 3210. The molecule has 0 saturated carbocycles. The Morgan fingerprint density at radius 3 is 0.724 bits per heavy atom. The maximum absolute atomic E-state index is 13.2. The lowest BCUT2D eigenvalue weighted by atomic mass is 10.1. The molecule has 0 aromatic rings. The second kappa shape index (κ2) is 85.5. The molecular weight excluding hydrogens is 1500 g/mol. The van der Waals surface area contributed by atoms with Gasteiger partial charge in [-0.2, -0.15) is 0 Å². The van der Waals surface area contributed by atoms with Gasteiger partial charge in [-0.3, -0.25) is 37.3 Å². The first-order valence-electron chi connectivity index (χ1n) is 42.9. The largest absolute Gasteiger partial charge is 0.472 e. The van der Waals surface area contributed by atoms with E-state index in [1.807, 2.05) is 54.7 Å². The van der Waals surface area contributed by atoms with Gasteiger partial charge in [0.1, 0.15) is 19.3 Å². The first kappa shape index (κ1) is 109. The summed E-state index contributed by atoms with van der Waals surface area (Å²) in [6.07, 6.45) is 114. The molecule has 2 unspecified atom stereocenters. The summed E-state index contributed by atoms with van der Waals surface area (Å²) in [6.45, 7) is 4.25. The van der Waals surface area contributed by atoms with Crippen molar-refractivity contribution in [3.63, 3.8) is 0 Å². The van der Waals surface area contributed by atoms with Crippen molar-refractivity contribution < 1.29 is 80.2 Å². The number of hydrogen-bond donors (Lipinski definition) is 3. The van der Waals surface area contributed by atoms with Gasteiger partial charge in [0.2, 0.25) is 0 Å². The number of phosphoric ester groups is 2. The maximum atomic E-state index is 13.2. The number of hydrogen-bond acceptors (Lipinski definition) is 15. The smallest absolute Gasteiger partial charge is 0.462 e. The Morgan fingerprint density at radius 2 is 0.466 bits per heavy atom. The average molecular weight is 1650 g/mol. The van der Waals surface area contributed by atoms with Gasteiger partial charge in [-0.25, -0.2) is 9.13 Å². The van der Waals surface area contributed by atoms with Gasteiger partial charge in [0.05, 0.1) is 26.4 Å². The van der Waals surface area contributed by atoms with Crippen LogP contribution >= 0.6 is 15.6 Å². The molecule has 3 N–H and O–H groups in total. The van der Waals surface area contributed by atoms with Gasteiger partial charge >= 0.3 is 39.5 Å². The van der Waals surface area contributed by atoms with E-state index >= 15 is 0 Å². The van der Waals surface area contributed by atoms with E-state index in [-0.39, 0.29) is 25.7 Å². The Hall–Kier alpha value is -7.40. The van der Waals surface area contributed by atoms with Crippen LogP contribution in [0.3, 0.4) is 0 Å². The minimum absolute atomic E-state index is 0.00641. The van der Waals surface area contributed by atoms with E-state index in [9.17, 15) is 43.2 Å². The third kappa shape index (κ3) is 84.5. The quantitative estimate of drug-likeness (QED) is 0.0169. The van der Waals surface area contributed by atoms with E-state index in [0.717, 1.165) is 135 Å². The molecule has 0 rings (SSSR count). The molecule has 19 heteroatoms. The normalized spacial score (nSPS) is 15.0. The monoisotopic (exact) mass is 1650 g/mol. The summed E-state index contributed by atoms with van der Waals surface area (Å²) in [6, 6.07) is 0. The van der Waals surface area contributed by atoms with Crippen molar-refractivity contribution in [1.29, 1.82) is 0 Å². The summed E-state index contributed by atoms with van der Waals surface area (Å²) < 4.78 is 68.5. The summed E-state index contributed by atoms with van der Waals surface area (Å²) >= 11 is 0. The molecule has 0 aromatic heterocycles. The minimum Gasteiger partial charge on any atom is -0.462 e.